The first-order valence-corrected chi connectivity index (χ1v) is 8.89. The van der Waals surface area contributed by atoms with Crippen LogP contribution in [0.2, 0.25) is 0 Å². The molecular formula is C21H26N2O. The Labute approximate surface area is 144 Å². The summed E-state index contributed by atoms with van der Waals surface area (Å²) in [7, 11) is 0. The van der Waals surface area contributed by atoms with Crippen LogP contribution in [-0.4, -0.2) is 23.4 Å². The molecule has 0 atom stereocenters. The van der Waals surface area contributed by atoms with E-state index in [1.54, 1.807) is 0 Å². The van der Waals surface area contributed by atoms with Gasteiger partial charge in [-0.15, -0.1) is 0 Å². The fraction of sp³-hybridized carbons (Fsp3) is 0.381. The zero-order valence-corrected chi connectivity index (χ0v) is 14.2. The molecule has 1 amide bonds. The summed E-state index contributed by atoms with van der Waals surface area (Å²) in [6.07, 6.45) is 4.73. The molecule has 0 aromatic heterocycles. The molecule has 0 heterocycles. The Kier molecular flexibility index (Phi) is 6.02. The van der Waals surface area contributed by atoms with E-state index in [9.17, 15) is 4.79 Å². The van der Waals surface area contributed by atoms with Crippen molar-refractivity contribution in [1.29, 1.82) is 0 Å². The first-order chi connectivity index (χ1) is 11.8. The molecule has 1 N–H and O–H groups in total. The highest BCUT2D eigenvalue weighted by Crippen LogP contribution is 2.17. The van der Waals surface area contributed by atoms with Gasteiger partial charge in [-0.05, 0) is 24.0 Å². The average molecular weight is 322 g/mol. The van der Waals surface area contributed by atoms with Crippen LogP contribution in [0.25, 0.3) is 0 Å². The molecule has 1 aliphatic carbocycles. The van der Waals surface area contributed by atoms with E-state index in [2.05, 4.69) is 58.7 Å². The van der Waals surface area contributed by atoms with Crippen LogP contribution in [0, 0.1) is 0 Å². The second kappa shape index (κ2) is 8.65. The molecule has 0 spiro atoms. The normalized spacial score (nSPS) is 14.9. The molecule has 0 unspecified atom stereocenters. The summed E-state index contributed by atoms with van der Waals surface area (Å²) >= 11 is 0. The van der Waals surface area contributed by atoms with E-state index in [0.29, 0.717) is 12.6 Å². The van der Waals surface area contributed by atoms with E-state index in [4.69, 9.17) is 0 Å². The molecule has 3 nitrogen and oxygen atoms in total. The van der Waals surface area contributed by atoms with Crippen molar-refractivity contribution in [2.75, 3.05) is 6.54 Å². The van der Waals surface area contributed by atoms with Gasteiger partial charge in [-0.3, -0.25) is 9.69 Å². The van der Waals surface area contributed by atoms with E-state index in [0.717, 1.165) is 25.9 Å². The van der Waals surface area contributed by atoms with Crippen LogP contribution >= 0.6 is 0 Å². The number of carbonyl (C=O) groups is 1. The number of hydrogen-bond acceptors (Lipinski definition) is 2. The third-order valence-corrected chi connectivity index (χ3v) is 4.59. The molecule has 126 valence electrons. The smallest absolute Gasteiger partial charge is 0.234 e. The predicted octanol–water partition coefficient (Wildman–Crippen LogP) is 3.75. The maximum absolute atomic E-state index is 12.4. The molecule has 0 saturated heterocycles. The van der Waals surface area contributed by atoms with Crippen molar-refractivity contribution in [1.82, 2.24) is 10.2 Å². The SMILES string of the molecule is O=C(CN(Cc1ccccc1)Cc1ccccc1)NC1CCCC1. The molecule has 3 heteroatoms. The second-order valence-corrected chi connectivity index (χ2v) is 6.67. The zero-order valence-electron chi connectivity index (χ0n) is 14.2. The number of nitrogens with one attached hydrogen (secondary N) is 1. The molecule has 0 radical (unpaired) electrons. The summed E-state index contributed by atoms with van der Waals surface area (Å²) in [5, 5.41) is 3.20. The quantitative estimate of drug-likeness (QED) is 0.842. The summed E-state index contributed by atoms with van der Waals surface area (Å²) in [6, 6.07) is 21.1. The van der Waals surface area contributed by atoms with Crippen molar-refractivity contribution in [2.24, 2.45) is 0 Å². The molecule has 3 rings (SSSR count). The highest BCUT2D eigenvalue weighted by Gasteiger charge is 2.19. The average Bonchev–Trinajstić information content (AvgIpc) is 3.09. The van der Waals surface area contributed by atoms with Crippen molar-refractivity contribution in [2.45, 2.75) is 44.8 Å². The van der Waals surface area contributed by atoms with Crippen LogP contribution in [0.4, 0.5) is 0 Å². The van der Waals surface area contributed by atoms with Gasteiger partial charge in [-0.1, -0.05) is 73.5 Å². The molecule has 1 aliphatic rings. The van der Waals surface area contributed by atoms with Gasteiger partial charge >= 0.3 is 0 Å². The van der Waals surface area contributed by atoms with Gasteiger partial charge in [0.05, 0.1) is 6.54 Å². The van der Waals surface area contributed by atoms with E-state index in [-0.39, 0.29) is 5.91 Å². The lowest BCUT2D eigenvalue weighted by Gasteiger charge is -2.23. The van der Waals surface area contributed by atoms with E-state index in [1.807, 2.05) is 12.1 Å². The molecule has 1 saturated carbocycles. The number of hydrogen-bond donors (Lipinski definition) is 1. The first-order valence-electron chi connectivity index (χ1n) is 8.89. The van der Waals surface area contributed by atoms with Gasteiger partial charge in [0, 0.05) is 19.1 Å². The number of rotatable bonds is 7. The van der Waals surface area contributed by atoms with Crippen molar-refractivity contribution in [3.8, 4) is 0 Å². The lowest BCUT2D eigenvalue weighted by molar-refractivity contribution is -0.123. The van der Waals surface area contributed by atoms with Gasteiger partial charge in [-0.25, -0.2) is 0 Å². The summed E-state index contributed by atoms with van der Waals surface area (Å²) in [5.41, 5.74) is 2.48. The summed E-state index contributed by atoms with van der Waals surface area (Å²) in [5.74, 6) is 0.147. The van der Waals surface area contributed by atoms with Crippen LogP contribution in [-0.2, 0) is 17.9 Å². The third kappa shape index (κ3) is 5.20. The topological polar surface area (TPSA) is 32.3 Å². The predicted molar refractivity (Wildman–Crippen MR) is 97.4 cm³/mol. The number of benzene rings is 2. The number of amides is 1. The van der Waals surface area contributed by atoms with Crippen LogP contribution in [0.5, 0.6) is 0 Å². The van der Waals surface area contributed by atoms with Crippen molar-refractivity contribution in [3.63, 3.8) is 0 Å². The van der Waals surface area contributed by atoms with Gasteiger partial charge in [0.1, 0.15) is 0 Å². The Morgan fingerprint density at radius 3 is 1.88 bits per heavy atom. The summed E-state index contributed by atoms with van der Waals surface area (Å²) in [4.78, 5) is 14.7. The summed E-state index contributed by atoms with van der Waals surface area (Å²) in [6.45, 7) is 2.02. The minimum atomic E-state index is 0.147. The highest BCUT2D eigenvalue weighted by atomic mass is 16.2. The Morgan fingerprint density at radius 2 is 1.38 bits per heavy atom. The highest BCUT2D eigenvalue weighted by molar-refractivity contribution is 5.78. The van der Waals surface area contributed by atoms with Crippen LogP contribution in [0.1, 0.15) is 36.8 Å². The lowest BCUT2D eigenvalue weighted by atomic mass is 10.1. The molecule has 2 aromatic rings. The number of carbonyl (C=O) groups excluding carboxylic acids is 1. The maximum Gasteiger partial charge on any atom is 0.234 e. The Hall–Kier alpha value is -2.13. The van der Waals surface area contributed by atoms with Crippen molar-refractivity contribution in [3.05, 3.63) is 71.8 Å². The molecular weight excluding hydrogens is 296 g/mol. The number of nitrogens with zero attached hydrogens (tertiary/aromatic N) is 1. The van der Waals surface area contributed by atoms with E-state index < -0.39 is 0 Å². The van der Waals surface area contributed by atoms with Gasteiger partial charge in [0.2, 0.25) is 5.91 Å². The standard InChI is InChI=1S/C21H26N2O/c24-21(22-20-13-7-8-14-20)17-23(15-18-9-3-1-4-10-18)16-19-11-5-2-6-12-19/h1-6,9-12,20H,7-8,13-17H2,(H,22,24). The van der Waals surface area contributed by atoms with Crippen molar-refractivity contribution >= 4 is 5.91 Å². The first kappa shape index (κ1) is 16.7. The zero-order chi connectivity index (χ0) is 16.6. The van der Waals surface area contributed by atoms with Crippen LogP contribution < -0.4 is 5.32 Å². The van der Waals surface area contributed by atoms with Gasteiger partial charge in [0.15, 0.2) is 0 Å². The third-order valence-electron chi connectivity index (χ3n) is 4.59. The van der Waals surface area contributed by atoms with E-state index in [1.165, 1.54) is 24.0 Å². The largest absolute Gasteiger partial charge is 0.352 e. The maximum atomic E-state index is 12.4. The molecule has 0 bridgehead atoms. The lowest BCUT2D eigenvalue weighted by Crippen LogP contribution is -2.40. The monoisotopic (exact) mass is 322 g/mol. The van der Waals surface area contributed by atoms with Crippen molar-refractivity contribution < 1.29 is 4.79 Å². The van der Waals surface area contributed by atoms with Gasteiger partial charge in [-0.2, -0.15) is 0 Å². The Bertz CT molecular complexity index is 579. The molecule has 0 aliphatic heterocycles. The minimum absolute atomic E-state index is 0.147. The van der Waals surface area contributed by atoms with Crippen LogP contribution in [0.15, 0.2) is 60.7 Å². The Morgan fingerprint density at radius 1 is 0.875 bits per heavy atom. The Balaban J connectivity index is 1.63. The fourth-order valence-electron chi connectivity index (χ4n) is 3.40. The fourth-order valence-corrected chi connectivity index (χ4v) is 3.40. The summed E-state index contributed by atoms with van der Waals surface area (Å²) < 4.78 is 0. The van der Waals surface area contributed by atoms with Crippen LogP contribution in [0.3, 0.4) is 0 Å². The molecule has 2 aromatic carbocycles. The van der Waals surface area contributed by atoms with E-state index >= 15 is 0 Å². The van der Waals surface area contributed by atoms with Gasteiger partial charge < -0.3 is 5.32 Å². The second-order valence-electron chi connectivity index (χ2n) is 6.67. The minimum Gasteiger partial charge on any atom is -0.352 e. The van der Waals surface area contributed by atoms with Gasteiger partial charge in [0.25, 0.3) is 0 Å². The molecule has 24 heavy (non-hydrogen) atoms. The molecule has 1 fully saturated rings.